The van der Waals surface area contributed by atoms with Crippen LogP contribution in [0.4, 0.5) is 5.69 Å². The number of hydrogen-bond donors (Lipinski definition) is 1. The summed E-state index contributed by atoms with van der Waals surface area (Å²) >= 11 is 3.41. The van der Waals surface area contributed by atoms with Crippen LogP contribution in [0, 0.1) is 16.7 Å². The molecule has 1 N–H and O–H groups in total. The number of anilines is 1. The van der Waals surface area contributed by atoms with Crippen LogP contribution in [0.3, 0.4) is 0 Å². The van der Waals surface area contributed by atoms with Crippen molar-refractivity contribution in [1.29, 1.82) is 5.26 Å². The molecule has 0 aromatic heterocycles. The average molecular weight is 281 g/mol. The van der Waals surface area contributed by atoms with Gasteiger partial charge in [-0.05, 0) is 36.1 Å². The first-order valence-electron chi connectivity index (χ1n) is 5.40. The molecule has 0 aliphatic heterocycles. The van der Waals surface area contributed by atoms with Gasteiger partial charge in [0.15, 0.2) is 0 Å². The Hall–Kier alpha value is -1.01. The minimum Gasteiger partial charge on any atom is -0.385 e. The van der Waals surface area contributed by atoms with Gasteiger partial charge >= 0.3 is 0 Å². The van der Waals surface area contributed by atoms with Crippen molar-refractivity contribution >= 4 is 21.6 Å². The van der Waals surface area contributed by atoms with E-state index in [0.29, 0.717) is 6.42 Å². The van der Waals surface area contributed by atoms with Gasteiger partial charge < -0.3 is 5.32 Å². The Bertz CT molecular complexity index is 363. The van der Waals surface area contributed by atoms with Gasteiger partial charge in [0, 0.05) is 23.1 Å². The minimum absolute atomic E-state index is 0.156. The van der Waals surface area contributed by atoms with Gasteiger partial charge in [0.2, 0.25) is 0 Å². The molecule has 1 rings (SSSR count). The average Bonchev–Trinajstić information content (AvgIpc) is 2.26. The van der Waals surface area contributed by atoms with Crippen molar-refractivity contribution in [2.24, 2.45) is 5.41 Å². The molecule has 3 heteroatoms. The molecule has 0 aliphatic carbocycles. The van der Waals surface area contributed by atoms with Gasteiger partial charge in [-0.15, -0.1) is 0 Å². The fourth-order valence-corrected chi connectivity index (χ4v) is 1.66. The van der Waals surface area contributed by atoms with Crippen LogP contribution in [0.25, 0.3) is 0 Å². The lowest BCUT2D eigenvalue weighted by Gasteiger charge is -2.24. The summed E-state index contributed by atoms with van der Waals surface area (Å²) in [6, 6.07) is 10.3. The largest absolute Gasteiger partial charge is 0.385 e. The zero-order valence-corrected chi connectivity index (χ0v) is 11.3. The highest BCUT2D eigenvalue weighted by Crippen LogP contribution is 2.23. The van der Waals surface area contributed by atoms with Crippen molar-refractivity contribution in [3.8, 4) is 6.07 Å². The Balaban J connectivity index is 2.45. The molecule has 0 spiro atoms. The second kappa shape index (κ2) is 5.91. The molecule has 0 heterocycles. The SMILES string of the molecule is CC(C)(CCC#N)CNc1ccc(Br)cc1. The van der Waals surface area contributed by atoms with Gasteiger partial charge in [0.1, 0.15) is 0 Å². The van der Waals surface area contributed by atoms with E-state index in [2.05, 4.69) is 41.2 Å². The molecule has 1 aromatic rings. The van der Waals surface area contributed by atoms with E-state index in [0.717, 1.165) is 23.1 Å². The van der Waals surface area contributed by atoms with Crippen LogP contribution >= 0.6 is 15.9 Å². The summed E-state index contributed by atoms with van der Waals surface area (Å²) in [5.74, 6) is 0. The first-order valence-corrected chi connectivity index (χ1v) is 6.19. The molecule has 2 nitrogen and oxygen atoms in total. The number of nitrogens with zero attached hydrogens (tertiary/aromatic N) is 1. The number of benzene rings is 1. The summed E-state index contributed by atoms with van der Waals surface area (Å²) in [6.07, 6.45) is 1.54. The molecule has 16 heavy (non-hydrogen) atoms. The van der Waals surface area contributed by atoms with E-state index in [1.54, 1.807) is 0 Å². The lowest BCUT2D eigenvalue weighted by molar-refractivity contribution is 0.364. The molecule has 0 bridgehead atoms. The van der Waals surface area contributed by atoms with Crippen LogP contribution in [-0.2, 0) is 0 Å². The van der Waals surface area contributed by atoms with Gasteiger partial charge in [-0.3, -0.25) is 0 Å². The molecule has 0 aliphatic rings. The summed E-state index contributed by atoms with van der Waals surface area (Å²) in [7, 11) is 0. The molecular formula is C13H17BrN2. The lowest BCUT2D eigenvalue weighted by atomic mass is 9.88. The van der Waals surface area contributed by atoms with Crippen molar-refractivity contribution in [3.63, 3.8) is 0 Å². The molecule has 86 valence electrons. The number of nitriles is 1. The van der Waals surface area contributed by atoms with Crippen LogP contribution in [0.5, 0.6) is 0 Å². The molecule has 0 radical (unpaired) electrons. The Morgan fingerprint density at radius 3 is 2.50 bits per heavy atom. The second-order valence-electron chi connectivity index (χ2n) is 4.68. The maximum atomic E-state index is 8.57. The topological polar surface area (TPSA) is 35.8 Å². The predicted molar refractivity (Wildman–Crippen MR) is 71.3 cm³/mol. The number of rotatable bonds is 5. The zero-order valence-electron chi connectivity index (χ0n) is 9.76. The maximum Gasteiger partial charge on any atom is 0.0621 e. The zero-order chi connectivity index (χ0) is 12.0. The second-order valence-corrected chi connectivity index (χ2v) is 5.60. The Labute approximate surface area is 106 Å². The van der Waals surface area contributed by atoms with Crippen molar-refractivity contribution in [1.82, 2.24) is 0 Å². The smallest absolute Gasteiger partial charge is 0.0621 e. The van der Waals surface area contributed by atoms with E-state index in [1.807, 2.05) is 24.3 Å². The Morgan fingerprint density at radius 2 is 1.94 bits per heavy atom. The Morgan fingerprint density at radius 1 is 1.31 bits per heavy atom. The first-order chi connectivity index (χ1) is 7.53. The van der Waals surface area contributed by atoms with Gasteiger partial charge in [0.25, 0.3) is 0 Å². The fourth-order valence-electron chi connectivity index (χ4n) is 1.39. The van der Waals surface area contributed by atoms with E-state index < -0.39 is 0 Å². The molecule has 0 saturated heterocycles. The summed E-state index contributed by atoms with van der Waals surface area (Å²) in [5, 5.41) is 12.0. The maximum absolute atomic E-state index is 8.57. The summed E-state index contributed by atoms with van der Waals surface area (Å²) < 4.78 is 1.08. The van der Waals surface area contributed by atoms with E-state index in [9.17, 15) is 0 Å². The van der Waals surface area contributed by atoms with Crippen LogP contribution in [0.15, 0.2) is 28.7 Å². The number of halogens is 1. The van der Waals surface area contributed by atoms with Crippen molar-refractivity contribution in [3.05, 3.63) is 28.7 Å². The number of nitrogens with one attached hydrogen (secondary N) is 1. The third-order valence-electron chi connectivity index (χ3n) is 2.53. The molecule has 0 saturated carbocycles. The summed E-state index contributed by atoms with van der Waals surface area (Å²) in [6.45, 7) is 5.24. The lowest BCUT2D eigenvalue weighted by Crippen LogP contribution is -2.22. The summed E-state index contributed by atoms with van der Waals surface area (Å²) in [4.78, 5) is 0. The van der Waals surface area contributed by atoms with Gasteiger partial charge in [-0.2, -0.15) is 5.26 Å². The fraction of sp³-hybridized carbons (Fsp3) is 0.462. The van der Waals surface area contributed by atoms with E-state index in [1.165, 1.54) is 0 Å². The highest BCUT2D eigenvalue weighted by molar-refractivity contribution is 9.10. The van der Waals surface area contributed by atoms with Crippen LogP contribution < -0.4 is 5.32 Å². The standard InChI is InChI=1S/C13H17BrN2/c1-13(2,8-3-9-15)10-16-12-6-4-11(14)5-7-12/h4-7,16H,3,8,10H2,1-2H3. The third kappa shape index (κ3) is 4.67. The van der Waals surface area contributed by atoms with Crippen LogP contribution in [-0.4, -0.2) is 6.54 Å². The van der Waals surface area contributed by atoms with E-state index in [-0.39, 0.29) is 5.41 Å². The molecule has 1 aromatic carbocycles. The Kier molecular flexibility index (Phi) is 4.82. The number of hydrogen-bond acceptors (Lipinski definition) is 2. The van der Waals surface area contributed by atoms with Crippen LogP contribution in [0.2, 0.25) is 0 Å². The van der Waals surface area contributed by atoms with E-state index >= 15 is 0 Å². The highest BCUT2D eigenvalue weighted by atomic mass is 79.9. The minimum atomic E-state index is 0.156. The summed E-state index contributed by atoms with van der Waals surface area (Å²) in [5.41, 5.74) is 1.27. The first kappa shape index (κ1) is 13.1. The highest BCUT2D eigenvalue weighted by Gasteiger charge is 2.16. The molecular weight excluding hydrogens is 264 g/mol. The van der Waals surface area contributed by atoms with E-state index in [4.69, 9.17) is 5.26 Å². The van der Waals surface area contributed by atoms with Crippen LogP contribution in [0.1, 0.15) is 26.7 Å². The van der Waals surface area contributed by atoms with Crippen molar-refractivity contribution in [2.45, 2.75) is 26.7 Å². The van der Waals surface area contributed by atoms with Crippen molar-refractivity contribution < 1.29 is 0 Å². The molecule has 0 amide bonds. The molecule has 0 unspecified atom stereocenters. The predicted octanol–water partition coefficient (Wildman–Crippen LogP) is 4.19. The third-order valence-corrected chi connectivity index (χ3v) is 3.06. The van der Waals surface area contributed by atoms with Gasteiger partial charge in [-0.25, -0.2) is 0 Å². The molecule has 0 atom stereocenters. The van der Waals surface area contributed by atoms with Crippen molar-refractivity contribution in [2.75, 3.05) is 11.9 Å². The van der Waals surface area contributed by atoms with Gasteiger partial charge in [-0.1, -0.05) is 29.8 Å². The quantitative estimate of drug-likeness (QED) is 0.878. The van der Waals surface area contributed by atoms with Gasteiger partial charge in [0.05, 0.1) is 6.07 Å². The molecule has 0 fully saturated rings. The normalized spacial score (nSPS) is 10.9. The monoisotopic (exact) mass is 280 g/mol.